The van der Waals surface area contributed by atoms with Gasteiger partial charge in [-0.1, -0.05) is 60.7 Å². The van der Waals surface area contributed by atoms with Crippen molar-refractivity contribution in [3.8, 4) is 22.5 Å². The molecule has 0 saturated heterocycles. The van der Waals surface area contributed by atoms with Crippen LogP contribution < -0.4 is 10.7 Å². The highest BCUT2D eigenvalue weighted by molar-refractivity contribution is 6.03. The molecule has 0 bridgehead atoms. The van der Waals surface area contributed by atoms with Crippen molar-refractivity contribution in [2.24, 2.45) is 0 Å². The van der Waals surface area contributed by atoms with Gasteiger partial charge in [0.05, 0.1) is 23.6 Å². The fourth-order valence-electron chi connectivity index (χ4n) is 5.01. The van der Waals surface area contributed by atoms with Crippen LogP contribution in [0.4, 0.5) is 4.79 Å². The first kappa shape index (κ1) is 26.2. The Morgan fingerprint density at radius 3 is 2.18 bits per heavy atom. The highest BCUT2D eigenvalue weighted by Gasteiger charge is 2.41. The molecule has 0 spiro atoms. The van der Waals surface area contributed by atoms with Crippen LogP contribution >= 0.6 is 0 Å². The van der Waals surface area contributed by atoms with Crippen molar-refractivity contribution in [2.75, 3.05) is 7.11 Å². The first-order valence-corrected chi connectivity index (χ1v) is 13.0. The van der Waals surface area contributed by atoms with Gasteiger partial charge in [-0.15, -0.1) is 0 Å². The molecule has 7 heteroatoms. The van der Waals surface area contributed by atoms with E-state index >= 15 is 0 Å². The zero-order valence-electron chi connectivity index (χ0n) is 22.5. The number of amides is 1. The minimum atomic E-state index is -0.593. The van der Waals surface area contributed by atoms with Crippen molar-refractivity contribution >= 4 is 23.0 Å². The Kier molecular flexibility index (Phi) is 6.76. The summed E-state index contributed by atoms with van der Waals surface area (Å²) < 4.78 is 16.7. The molecule has 7 nitrogen and oxygen atoms in total. The molecule has 1 aromatic heterocycles. The Hall–Kier alpha value is -4.39. The number of fused-ring (bicyclic) bond motifs is 1. The summed E-state index contributed by atoms with van der Waals surface area (Å²) in [4.78, 5) is 38.9. The molecule has 1 saturated carbocycles. The molecule has 0 radical (unpaired) electrons. The zero-order valence-corrected chi connectivity index (χ0v) is 22.5. The highest BCUT2D eigenvalue weighted by Crippen LogP contribution is 2.42. The van der Waals surface area contributed by atoms with E-state index in [1.165, 1.54) is 7.11 Å². The Labute approximate surface area is 226 Å². The largest absolute Gasteiger partial charge is 0.465 e. The van der Waals surface area contributed by atoms with E-state index < -0.39 is 23.2 Å². The van der Waals surface area contributed by atoms with Gasteiger partial charge in [-0.2, -0.15) is 0 Å². The lowest BCUT2D eigenvalue weighted by Gasteiger charge is -2.43. The third kappa shape index (κ3) is 5.04. The summed E-state index contributed by atoms with van der Waals surface area (Å²) in [5, 5.41) is 3.36. The van der Waals surface area contributed by atoms with Gasteiger partial charge in [-0.3, -0.25) is 4.79 Å². The Morgan fingerprint density at radius 2 is 1.59 bits per heavy atom. The summed E-state index contributed by atoms with van der Waals surface area (Å²) in [6, 6.07) is 21.8. The number of para-hydroxylation sites is 1. The van der Waals surface area contributed by atoms with Crippen molar-refractivity contribution in [3.63, 3.8) is 0 Å². The lowest BCUT2D eigenvalue weighted by Crippen LogP contribution is -2.52. The number of rotatable bonds is 5. The van der Waals surface area contributed by atoms with E-state index in [0.29, 0.717) is 27.8 Å². The van der Waals surface area contributed by atoms with E-state index in [9.17, 15) is 14.4 Å². The maximum absolute atomic E-state index is 13.9. The highest BCUT2D eigenvalue weighted by atomic mass is 16.6. The van der Waals surface area contributed by atoms with Gasteiger partial charge in [-0.25, -0.2) is 9.59 Å². The normalized spacial score (nSPS) is 14.4. The summed E-state index contributed by atoms with van der Waals surface area (Å²) >= 11 is 0. The number of methoxy groups -OCH3 is 1. The summed E-state index contributed by atoms with van der Waals surface area (Å²) in [7, 11) is 1.29. The predicted octanol–water partition coefficient (Wildman–Crippen LogP) is 6.82. The Bertz CT molecular complexity index is 1590. The van der Waals surface area contributed by atoms with Crippen molar-refractivity contribution in [1.29, 1.82) is 0 Å². The van der Waals surface area contributed by atoms with Gasteiger partial charge in [0.15, 0.2) is 5.58 Å². The van der Waals surface area contributed by atoms with Crippen molar-refractivity contribution in [2.45, 2.75) is 51.2 Å². The van der Waals surface area contributed by atoms with E-state index in [4.69, 9.17) is 13.9 Å². The molecule has 1 aliphatic carbocycles. The molecule has 39 heavy (non-hydrogen) atoms. The van der Waals surface area contributed by atoms with E-state index in [1.54, 1.807) is 18.2 Å². The van der Waals surface area contributed by atoms with Gasteiger partial charge < -0.3 is 19.2 Å². The van der Waals surface area contributed by atoms with Gasteiger partial charge in [0.2, 0.25) is 5.43 Å². The van der Waals surface area contributed by atoms with Crippen LogP contribution in [0, 0.1) is 0 Å². The number of hydrogen-bond acceptors (Lipinski definition) is 6. The average molecular weight is 526 g/mol. The van der Waals surface area contributed by atoms with Crippen molar-refractivity contribution in [3.05, 3.63) is 94.1 Å². The molecule has 200 valence electrons. The maximum atomic E-state index is 13.9. The minimum absolute atomic E-state index is 0.184. The second-order valence-electron chi connectivity index (χ2n) is 10.8. The Balaban J connectivity index is 1.61. The van der Waals surface area contributed by atoms with Crippen LogP contribution in [0.3, 0.4) is 0 Å². The van der Waals surface area contributed by atoms with Crippen LogP contribution in [0.25, 0.3) is 33.4 Å². The number of carbonyl (C=O) groups is 2. The number of esters is 1. The van der Waals surface area contributed by atoms with Gasteiger partial charge >= 0.3 is 12.1 Å². The molecule has 0 unspecified atom stereocenters. The molecule has 5 rings (SSSR count). The van der Waals surface area contributed by atoms with E-state index in [0.717, 1.165) is 24.8 Å². The fraction of sp³-hybridized carbons (Fsp3) is 0.281. The molecule has 3 aromatic carbocycles. The summed E-state index contributed by atoms with van der Waals surface area (Å²) in [5.74, 6) is -0.217. The fourth-order valence-corrected chi connectivity index (χ4v) is 5.01. The van der Waals surface area contributed by atoms with Gasteiger partial charge in [-0.05, 0) is 63.3 Å². The number of hydrogen-bond donors (Lipinski definition) is 1. The van der Waals surface area contributed by atoms with Crippen molar-refractivity contribution in [1.82, 2.24) is 5.32 Å². The first-order valence-electron chi connectivity index (χ1n) is 13.0. The van der Waals surface area contributed by atoms with Crippen LogP contribution in [0.15, 0.2) is 82.0 Å². The molecule has 0 atom stereocenters. The van der Waals surface area contributed by atoms with Crippen molar-refractivity contribution < 1.29 is 23.5 Å². The predicted molar refractivity (Wildman–Crippen MR) is 150 cm³/mol. The summed E-state index contributed by atoms with van der Waals surface area (Å²) in [6.07, 6.45) is 2.14. The van der Waals surface area contributed by atoms with Crippen LogP contribution in [0.1, 0.15) is 56.0 Å². The third-order valence-electron chi connectivity index (χ3n) is 7.03. The molecule has 1 heterocycles. The summed E-state index contributed by atoms with van der Waals surface area (Å²) in [6.45, 7) is 5.51. The number of ether oxygens (including phenoxy) is 2. The van der Waals surface area contributed by atoms with Crippen LogP contribution in [-0.2, 0) is 15.0 Å². The van der Waals surface area contributed by atoms with E-state index in [-0.39, 0.29) is 16.6 Å². The smallest absolute Gasteiger partial charge is 0.408 e. The Morgan fingerprint density at radius 1 is 0.897 bits per heavy atom. The minimum Gasteiger partial charge on any atom is -0.465 e. The molecule has 1 amide bonds. The van der Waals surface area contributed by atoms with Gasteiger partial charge in [0.1, 0.15) is 16.9 Å². The van der Waals surface area contributed by atoms with Gasteiger partial charge in [0, 0.05) is 5.56 Å². The second kappa shape index (κ2) is 10.1. The number of benzene rings is 3. The number of alkyl carbamates (subject to hydrolysis) is 1. The molecular formula is C32H31NO6. The molecule has 0 aliphatic heterocycles. The van der Waals surface area contributed by atoms with E-state index in [1.807, 2.05) is 75.4 Å². The van der Waals surface area contributed by atoms with Gasteiger partial charge in [0.25, 0.3) is 0 Å². The van der Waals surface area contributed by atoms with E-state index in [2.05, 4.69) is 5.32 Å². The topological polar surface area (TPSA) is 94.8 Å². The third-order valence-corrected chi connectivity index (χ3v) is 7.03. The first-order chi connectivity index (χ1) is 18.6. The van der Waals surface area contributed by atoms with Crippen LogP contribution in [0.5, 0.6) is 0 Å². The quantitative estimate of drug-likeness (QED) is 0.287. The van der Waals surface area contributed by atoms with Crippen LogP contribution in [0.2, 0.25) is 0 Å². The standard InChI is InChI=1S/C32H31NO6/c1-31(2,3)39-30(36)33-32(18-9-19-32)22-16-14-20(15-17-22)25-26(34)23-12-8-13-24(29(35)37-4)28(23)38-27(25)21-10-6-5-7-11-21/h5-8,10-17H,9,18-19H2,1-4H3,(H,33,36). The lowest BCUT2D eigenvalue weighted by atomic mass is 9.71. The molecule has 4 aromatic rings. The second-order valence-corrected chi connectivity index (χ2v) is 10.8. The molecule has 1 N–H and O–H groups in total. The summed E-state index contributed by atoms with van der Waals surface area (Å²) in [5.41, 5.74) is 1.74. The lowest BCUT2D eigenvalue weighted by molar-refractivity contribution is 0.0377. The number of carbonyl (C=O) groups excluding carboxylic acids is 2. The monoisotopic (exact) mass is 525 g/mol. The molecule has 1 aliphatic rings. The van der Waals surface area contributed by atoms with Crippen LogP contribution in [-0.4, -0.2) is 24.8 Å². The number of nitrogens with one attached hydrogen (secondary N) is 1. The zero-order chi connectivity index (χ0) is 27.8. The SMILES string of the molecule is COC(=O)c1cccc2c(=O)c(-c3ccc(C4(NC(=O)OC(C)(C)C)CCC4)cc3)c(-c3ccccc3)oc12. The average Bonchev–Trinajstić information content (AvgIpc) is 2.89. The molecule has 1 fully saturated rings. The molecular weight excluding hydrogens is 494 g/mol. The maximum Gasteiger partial charge on any atom is 0.408 e.